The summed E-state index contributed by atoms with van der Waals surface area (Å²) in [5, 5.41) is 20.4. The van der Waals surface area contributed by atoms with Crippen LogP contribution < -0.4 is 10.8 Å². The first kappa shape index (κ1) is 16.4. The summed E-state index contributed by atoms with van der Waals surface area (Å²) in [6, 6.07) is 7.35. The largest absolute Gasteiger partial charge is 0.378 e. The fourth-order valence-corrected chi connectivity index (χ4v) is 1.72. The van der Waals surface area contributed by atoms with Crippen molar-refractivity contribution in [1.29, 1.82) is 0 Å². The van der Waals surface area contributed by atoms with Gasteiger partial charge in [0, 0.05) is 10.5 Å². The Morgan fingerprint density at radius 1 is 1.45 bits per heavy atom. The van der Waals surface area contributed by atoms with Crippen LogP contribution in [0.5, 0.6) is 0 Å². The van der Waals surface area contributed by atoms with E-state index in [0.717, 1.165) is 10.0 Å². The summed E-state index contributed by atoms with van der Waals surface area (Å²) >= 11 is 3.31. The van der Waals surface area contributed by atoms with Crippen LogP contribution in [-0.2, 0) is 9.59 Å². The van der Waals surface area contributed by atoms with Gasteiger partial charge in [0.15, 0.2) is 5.60 Å². The Morgan fingerprint density at radius 3 is 2.75 bits per heavy atom. The molecule has 0 radical (unpaired) electrons. The van der Waals surface area contributed by atoms with E-state index in [9.17, 15) is 14.7 Å². The molecule has 0 bridgehead atoms. The van der Waals surface area contributed by atoms with Crippen LogP contribution in [0.2, 0.25) is 0 Å². The monoisotopic (exact) mass is 342 g/mol. The molecule has 1 rings (SSSR count). The number of benzene rings is 1. The van der Waals surface area contributed by atoms with E-state index in [1.54, 1.807) is 6.08 Å². The lowest BCUT2D eigenvalue weighted by Gasteiger charge is -2.20. The lowest BCUT2D eigenvalue weighted by molar-refractivity contribution is -0.146. The van der Waals surface area contributed by atoms with E-state index < -0.39 is 17.4 Å². The predicted octanol–water partition coefficient (Wildman–Crippen LogP) is 0.835. The molecular weight excluding hydrogens is 328 g/mol. The summed E-state index contributed by atoms with van der Waals surface area (Å²) in [6.07, 6.45) is 2.88. The number of rotatable bonds is 5. The second kappa shape index (κ2) is 7.18. The van der Waals surface area contributed by atoms with E-state index >= 15 is 0 Å². The lowest BCUT2D eigenvalue weighted by atomic mass is 10.1. The summed E-state index contributed by atoms with van der Waals surface area (Å²) in [4.78, 5) is 22.6. The summed E-state index contributed by atoms with van der Waals surface area (Å²) in [6.45, 7) is 0.859. The third-order valence-corrected chi connectivity index (χ3v) is 2.97. The summed E-state index contributed by atoms with van der Waals surface area (Å²) in [5.74, 6) is -1.45. The van der Waals surface area contributed by atoms with Crippen molar-refractivity contribution < 1.29 is 19.9 Å². The van der Waals surface area contributed by atoms with Gasteiger partial charge in [0.2, 0.25) is 5.91 Å². The van der Waals surface area contributed by atoms with Gasteiger partial charge in [-0.05, 0) is 30.7 Å². The number of hydroxylamine groups is 1. The molecule has 108 valence electrons. The van der Waals surface area contributed by atoms with E-state index in [2.05, 4.69) is 21.2 Å². The molecule has 0 saturated carbocycles. The molecule has 0 heterocycles. The van der Waals surface area contributed by atoms with Crippen molar-refractivity contribution in [3.05, 3.63) is 40.4 Å². The molecular formula is C13H15BrN2O4. The van der Waals surface area contributed by atoms with Crippen LogP contribution in [0.15, 0.2) is 34.8 Å². The van der Waals surface area contributed by atoms with Gasteiger partial charge in [-0.15, -0.1) is 0 Å². The smallest absolute Gasteiger partial charge is 0.276 e. The zero-order valence-electron chi connectivity index (χ0n) is 10.8. The Hall–Kier alpha value is -1.70. The van der Waals surface area contributed by atoms with Gasteiger partial charge in [0.05, 0.1) is 6.54 Å². The zero-order valence-corrected chi connectivity index (χ0v) is 12.3. The molecule has 20 heavy (non-hydrogen) atoms. The van der Waals surface area contributed by atoms with Crippen LogP contribution in [0.1, 0.15) is 12.5 Å². The summed E-state index contributed by atoms with van der Waals surface area (Å²) < 4.78 is 0.891. The first-order valence-electron chi connectivity index (χ1n) is 5.73. The van der Waals surface area contributed by atoms with Gasteiger partial charge in [0.25, 0.3) is 5.91 Å². The number of hydrogen-bond acceptors (Lipinski definition) is 4. The van der Waals surface area contributed by atoms with Crippen molar-refractivity contribution in [2.45, 2.75) is 12.5 Å². The number of halogens is 1. The predicted molar refractivity (Wildman–Crippen MR) is 76.7 cm³/mol. The third-order valence-electron chi connectivity index (χ3n) is 2.47. The van der Waals surface area contributed by atoms with Crippen molar-refractivity contribution in [3.63, 3.8) is 0 Å². The number of aliphatic hydroxyl groups is 1. The van der Waals surface area contributed by atoms with Crippen molar-refractivity contribution >= 4 is 33.8 Å². The molecule has 1 aromatic carbocycles. The van der Waals surface area contributed by atoms with Crippen molar-refractivity contribution in [3.8, 4) is 0 Å². The number of nitrogens with one attached hydrogen (secondary N) is 2. The molecule has 1 atom stereocenters. The molecule has 1 aromatic rings. The van der Waals surface area contributed by atoms with Crippen LogP contribution >= 0.6 is 15.9 Å². The molecule has 0 aliphatic carbocycles. The Balaban J connectivity index is 2.54. The normalized spacial score (nSPS) is 13.8. The van der Waals surface area contributed by atoms with Crippen molar-refractivity contribution in [1.82, 2.24) is 10.8 Å². The third kappa shape index (κ3) is 5.12. The van der Waals surface area contributed by atoms with Gasteiger partial charge >= 0.3 is 0 Å². The van der Waals surface area contributed by atoms with E-state index in [1.807, 2.05) is 24.3 Å². The van der Waals surface area contributed by atoms with Gasteiger partial charge in [-0.1, -0.05) is 28.1 Å². The molecule has 6 nitrogen and oxygen atoms in total. The van der Waals surface area contributed by atoms with Crippen molar-refractivity contribution in [2.75, 3.05) is 6.54 Å². The second-order valence-corrected chi connectivity index (χ2v) is 5.24. The molecule has 0 aliphatic heterocycles. The Morgan fingerprint density at radius 2 is 2.15 bits per heavy atom. The standard InChI is InChI=1S/C13H15BrN2O4/c1-13(19,12(18)16-20)8-15-11(17)6-5-9-3-2-4-10(14)7-9/h2-7,19-20H,8H2,1H3,(H,15,17)(H,16,18)/t13-/m1/s1. The summed E-state index contributed by atoms with van der Waals surface area (Å²) in [7, 11) is 0. The molecule has 0 fully saturated rings. The zero-order chi connectivity index (χ0) is 15.2. The average Bonchev–Trinajstić information content (AvgIpc) is 2.42. The van der Waals surface area contributed by atoms with E-state index in [-0.39, 0.29) is 6.54 Å². The van der Waals surface area contributed by atoms with Crippen molar-refractivity contribution in [2.24, 2.45) is 0 Å². The number of amides is 2. The fraction of sp³-hybridized carbons (Fsp3) is 0.231. The van der Waals surface area contributed by atoms with Crippen LogP contribution in [0.25, 0.3) is 6.08 Å². The lowest BCUT2D eigenvalue weighted by Crippen LogP contribution is -2.51. The summed E-state index contributed by atoms with van der Waals surface area (Å²) in [5.41, 5.74) is 0.277. The van der Waals surface area contributed by atoms with Gasteiger partial charge in [0.1, 0.15) is 0 Å². The minimum absolute atomic E-state index is 0.318. The van der Waals surface area contributed by atoms with E-state index in [1.165, 1.54) is 18.5 Å². The van der Waals surface area contributed by atoms with Crippen LogP contribution in [0.4, 0.5) is 0 Å². The van der Waals surface area contributed by atoms with E-state index in [0.29, 0.717) is 0 Å². The van der Waals surface area contributed by atoms with Crippen LogP contribution in [0, 0.1) is 0 Å². The number of hydrogen-bond donors (Lipinski definition) is 4. The van der Waals surface area contributed by atoms with Gasteiger partial charge in [-0.3, -0.25) is 14.8 Å². The molecule has 0 aromatic heterocycles. The van der Waals surface area contributed by atoms with Gasteiger partial charge < -0.3 is 10.4 Å². The van der Waals surface area contributed by atoms with Crippen LogP contribution in [-0.4, -0.2) is 34.3 Å². The van der Waals surface area contributed by atoms with Gasteiger partial charge in [-0.2, -0.15) is 0 Å². The average molecular weight is 343 g/mol. The highest BCUT2D eigenvalue weighted by atomic mass is 79.9. The molecule has 0 spiro atoms. The maximum atomic E-state index is 11.5. The Kier molecular flexibility index (Phi) is 5.87. The maximum absolute atomic E-state index is 11.5. The Labute approximate surface area is 124 Å². The molecule has 7 heteroatoms. The van der Waals surface area contributed by atoms with Crippen LogP contribution in [0.3, 0.4) is 0 Å². The highest BCUT2D eigenvalue weighted by molar-refractivity contribution is 9.10. The quantitative estimate of drug-likeness (QED) is 0.362. The molecule has 4 N–H and O–H groups in total. The highest BCUT2D eigenvalue weighted by Crippen LogP contribution is 2.12. The molecule has 0 unspecified atom stereocenters. The molecule has 0 saturated heterocycles. The molecule has 0 aliphatic rings. The van der Waals surface area contributed by atoms with E-state index in [4.69, 9.17) is 5.21 Å². The minimum Gasteiger partial charge on any atom is -0.378 e. The Bertz CT molecular complexity index is 529. The minimum atomic E-state index is -1.88. The number of carbonyl (C=O) groups excluding carboxylic acids is 2. The first-order valence-corrected chi connectivity index (χ1v) is 6.53. The fourth-order valence-electron chi connectivity index (χ4n) is 1.30. The number of carbonyl (C=O) groups is 2. The molecule has 2 amide bonds. The second-order valence-electron chi connectivity index (χ2n) is 4.32. The highest BCUT2D eigenvalue weighted by Gasteiger charge is 2.30. The SMILES string of the molecule is C[C@@](O)(CNC(=O)C=Cc1cccc(Br)c1)C(=O)NO. The first-order chi connectivity index (χ1) is 9.35. The van der Waals surface area contributed by atoms with Gasteiger partial charge in [-0.25, -0.2) is 5.48 Å². The topological polar surface area (TPSA) is 98.7 Å². The maximum Gasteiger partial charge on any atom is 0.276 e.